The molecule has 0 saturated carbocycles. The molecule has 2 aromatic rings. The van der Waals surface area contributed by atoms with E-state index in [9.17, 15) is 14.4 Å². The van der Waals surface area contributed by atoms with Gasteiger partial charge in [0.25, 0.3) is 5.91 Å². The molecule has 0 unspecified atom stereocenters. The lowest BCUT2D eigenvalue weighted by Crippen LogP contribution is -2.30. The number of carbonyl (C=O) groups excluding carboxylic acids is 3. The second kappa shape index (κ2) is 10.1. The third-order valence-corrected chi connectivity index (χ3v) is 4.94. The topological polar surface area (TPSA) is 90.9 Å². The molecular weight excluding hydrogens is 398 g/mol. The van der Waals surface area contributed by atoms with Crippen LogP contribution >= 0.6 is 0 Å². The molecule has 0 spiro atoms. The van der Waals surface area contributed by atoms with E-state index in [4.69, 9.17) is 14.2 Å². The van der Waals surface area contributed by atoms with Crippen LogP contribution in [0.4, 0.5) is 5.69 Å². The molecule has 7 nitrogen and oxygen atoms in total. The SMILES string of the molecule is Cc1ccc(NC(=O)[C@H](C)OC(=O)CCC(=O)c2ccc3c(c2)OCCCO3)c(C)c1. The average Bonchev–Trinajstić information content (AvgIpc) is 2.98. The van der Waals surface area contributed by atoms with Crippen LogP contribution in [0.15, 0.2) is 36.4 Å². The summed E-state index contributed by atoms with van der Waals surface area (Å²) in [4.78, 5) is 36.9. The first-order valence-corrected chi connectivity index (χ1v) is 10.3. The Balaban J connectivity index is 1.49. The molecule has 0 bridgehead atoms. The lowest BCUT2D eigenvalue weighted by atomic mass is 10.1. The molecule has 31 heavy (non-hydrogen) atoms. The first-order valence-electron chi connectivity index (χ1n) is 10.3. The van der Waals surface area contributed by atoms with Gasteiger partial charge in [-0.15, -0.1) is 0 Å². The van der Waals surface area contributed by atoms with E-state index in [-0.39, 0.29) is 18.6 Å². The molecule has 164 valence electrons. The summed E-state index contributed by atoms with van der Waals surface area (Å²) in [5, 5.41) is 2.76. The van der Waals surface area contributed by atoms with Crippen molar-refractivity contribution in [1.82, 2.24) is 0 Å². The van der Waals surface area contributed by atoms with Crippen molar-refractivity contribution in [3.8, 4) is 11.5 Å². The number of hydrogen-bond acceptors (Lipinski definition) is 6. The molecule has 1 atom stereocenters. The van der Waals surface area contributed by atoms with E-state index in [1.165, 1.54) is 6.92 Å². The summed E-state index contributed by atoms with van der Waals surface area (Å²) in [7, 11) is 0. The van der Waals surface area contributed by atoms with Crippen molar-refractivity contribution in [2.24, 2.45) is 0 Å². The fourth-order valence-corrected chi connectivity index (χ4v) is 3.19. The Hall–Kier alpha value is -3.35. The van der Waals surface area contributed by atoms with Gasteiger partial charge in [0.1, 0.15) is 0 Å². The molecule has 1 heterocycles. The van der Waals surface area contributed by atoms with Gasteiger partial charge in [0.15, 0.2) is 23.4 Å². The smallest absolute Gasteiger partial charge is 0.307 e. The second-order valence-corrected chi connectivity index (χ2v) is 7.57. The van der Waals surface area contributed by atoms with E-state index in [2.05, 4.69) is 5.32 Å². The molecule has 1 amide bonds. The molecule has 7 heteroatoms. The highest BCUT2D eigenvalue weighted by molar-refractivity contribution is 5.99. The second-order valence-electron chi connectivity index (χ2n) is 7.57. The molecule has 0 fully saturated rings. The Morgan fingerprint density at radius 1 is 1.00 bits per heavy atom. The summed E-state index contributed by atoms with van der Waals surface area (Å²) < 4.78 is 16.3. The maximum atomic E-state index is 12.5. The first-order chi connectivity index (χ1) is 14.8. The zero-order valence-electron chi connectivity index (χ0n) is 18.0. The van der Waals surface area contributed by atoms with Crippen molar-refractivity contribution in [3.05, 3.63) is 53.1 Å². The number of amides is 1. The minimum absolute atomic E-state index is 0.0239. The highest BCUT2D eigenvalue weighted by Gasteiger charge is 2.20. The van der Waals surface area contributed by atoms with Crippen molar-refractivity contribution in [2.75, 3.05) is 18.5 Å². The fourth-order valence-electron chi connectivity index (χ4n) is 3.19. The van der Waals surface area contributed by atoms with E-state index in [1.807, 2.05) is 32.0 Å². The predicted octanol–water partition coefficient (Wildman–Crippen LogP) is 4.00. The van der Waals surface area contributed by atoms with Gasteiger partial charge in [0, 0.05) is 24.1 Å². The lowest BCUT2D eigenvalue weighted by molar-refractivity contribution is -0.153. The van der Waals surface area contributed by atoms with Gasteiger partial charge in [-0.1, -0.05) is 17.7 Å². The number of fused-ring (bicyclic) bond motifs is 1. The largest absolute Gasteiger partial charge is 0.490 e. The molecule has 1 aliphatic rings. The summed E-state index contributed by atoms with van der Waals surface area (Å²) in [5.41, 5.74) is 3.13. The number of ketones is 1. The van der Waals surface area contributed by atoms with Gasteiger partial charge < -0.3 is 19.5 Å². The van der Waals surface area contributed by atoms with Crippen molar-refractivity contribution >= 4 is 23.3 Å². The van der Waals surface area contributed by atoms with Crippen LogP contribution in [-0.2, 0) is 14.3 Å². The Kier molecular flexibility index (Phi) is 7.28. The molecule has 0 radical (unpaired) electrons. The number of hydrogen-bond donors (Lipinski definition) is 1. The summed E-state index contributed by atoms with van der Waals surface area (Å²) in [5.74, 6) is -0.0970. The number of ether oxygens (including phenoxy) is 3. The molecule has 2 aromatic carbocycles. The average molecular weight is 425 g/mol. The van der Waals surface area contributed by atoms with E-state index in [0.717, 1.165) is 17.5 Å². The summed E-state index contributed by atoms with van der Waals surface area (Å²) in [6.07, 6.45) is -0.335. The maximum absolute atomic E-state index is 12.5. The number of carbonyl (C=O) groups is 3. The van der Waals surface area contributed by atoms with E-state index in [0.29, 0.717) is 36.0 Å². The van der Waals surface area contributed by atoms with Crippen LogP contribution < -0.4 is 14.8 Å². The van der Waals surface area contributed by atoms with Gasteiger partial charge in [-0.3, -0.25) is 14.4 Å². The molecule has 0 aliphatic carbocycles. The molecule has 1 aliphatic heterocycles. The Morgan fingerprint density at radius 3 is 2.48 bits per heavy atom. The molecular formula is C24H27NO6. The van der Waals surface area contributed by atoms with Crippen LogP contribution in [0.25, 0.3) is 0 Å². The molecule has 0 saturated heterocycles. The zero-order valence-corrected chi connectivity index (χ0v) is 18.0. The highest BCUT2D eigenvalue weighted by Crippen LogP contribution is 2.30. The number of aryl methyl sites for hydroxylation is 2. The normalized spacial score (nSPS) is 13.6. The summed E-state index contributed by atoms with van der Waals surface area (Å²) in [6.45, 7) is 6.46. The van der Waals surface area contributed by atoms with Crippen LogP contribution in [0, 0.1) is 13.8 Å². The Labute approximate surface area is 181 Å². The Morgan fingerprint density at radius 2 is 1.74 bits per heavy atom. The van der Waals surface area contributed by atoms with Crippen LogP contribution in [0.5, 0.6) is 11.5 Å². The third kappa shape index (κ3) is 6.07. The van der Waals surface area contributed by atoms with E-state index >= 15 is 0 Å². The Bertz CT molecular complexity index is 984. The van der Waals surface area contributed by atoms with Crippen LogP contribution in [0.2, 0.25) is 0 Å². The van der Waals surface area contributed by atoms with Crippen molar-refractivity contribution in [3.63, 3.8) is 0 Å². The predicted molar refractivity (Wildman–Crippen MR) is 116 cm³/mol. The van der Waals surface area contributed by atoms with Gasteiger partial charge >= 0.3 is 5.97 Å². The monoisotopic (exact) mass is 425 g/mol. The van der Waals surface area contributed by atoms with Crippen molar-refractivity contribution < 1.29 is 28.6 Å². The van der Waals surface area contributed by atoms with Crippen molar-refractivity contribution in [2.45, 2.75) is 46.1 Å². The summed E-state index contributed by atoms with van der Waals surface area (Å²) in [6, 6.07) is 10.6. The standard InChI is InChI=1S/C24H27NO6/c1-15-5-7-19(16(2)13-15)25-24(28)17(3)31-23(27)10-8-20(26)18-6-9-21-22(14-18)30-12-4-11-29-21/h5-7,9,13-14,17H,4,8,10-12H2,1-3H3,(H,25,28)/t17-/m0/s1. The van der Waals surface area contributed by atoms with Gasteiger partial charge in [0.05, 0.1) is 19.6 Å². The first kappa shape index (κ1) is 22.3. The lowest BCUT2D eigenvalue weighted by Gasteiger charge is -2.15. The minimum atomic E-state index is -0.971. The quantitative estimate of drug-likeness (QED) is 0.533. The maximum Gasteiger partial charge on any atom is 0.307 e. The molecule has 3 rings (SSSR count). The molecule has 1 N–H and O–H groups in total. The van der Waals surface area contributed by atoms with E-state index < -0.39 is 18.0 Å². The van der Waals surface area contributed by atoms with Crippen LogP contribution in [0.1, 0.15) is 47.7 Å². The van der Waals surface area contributed by atoms with Crippen LogP contribution in [0.3, 0.4) is 0 Å². The number of nitrogens with one attached hydrogen (secondary N) is 1. The summed E-state index contributed by atoms with van der Waals surface area (Å²) >= 11 is 0. The zero-order chi connectivity index (χ0) is 22.4. The van der Waals surface area contributed by atoms with Crippen molar-refractivity contribution in [1.29, 1.82) is 0 Å². The fraction of sp³-hybridized carbons (Fsp3) is 0.375. The van der Waals surface area contributed by atoms with E-state index in [1.54, 1.807) is 18.2 Å². The van der Waals surface area contributed by atoms with Gasteiger partial charge in [-0.2, -0.15) is 0 Å². The minimum Gasteiger partial charge on any atom is -0.490 e. The van der Waals surface area contributed by atoms with Crippen LogP contribution in [-0.4, -0.2) is 37.0 Å². The number of esters is 1. The van der Waals surface area contributed by atoms with Gasteiger partial charge in [0.2, 0.25) is 0 Å². The third-order valence-electron chi connectivity index (χ3n) is 4.94. The molecule has 0 aromatic heterocycles. The van der Waals surface area contributed by atoms with Gasteiger partial charge in [-0.25, -0.2) is 0 Å². The number of benzene rings is 2. The highest BCUT2D eigenvalue weighted by atomic mass is 16.5. The van der Waals surface area contributed by atoms with Gasteiger partial charge in [-0.05, 0) is 50.6 Å². The number of rotatable bonds is 7. The number of Topliss-reactive ketones (excluding diaryl/α,β-unsaturated/α-hetero) is 1. The number of anilines is 1.